The van der Waals surface area contributed by atoms with E-state index in [9.17, 15) is 14.4 Å². The number of aliphatic carboxylic acids is 1. The number of rotatable bonds is 8. The van der Waals surface area contributed by atoms with Crippen molar-refractivity contribution in [3.63, 3.8) is 0 Å². The van der Waals surface area contributed by atoms with Gasteiger partial charge in [-0.05, 0) is 30.5 Å². The van der Waals surface area contributed by atoms with Gasteiger partial charge in [0.25, 0.3) is 5.91 Å². The zero-order valence-corrected chi connectivity index (χ0v) is 12.0. The number of hydrogen-bond acceptors (Lipinski definition) is 3. The largest absolute Gasteiger partial charge is 0.481 e. The summed E-state index contributed by atoms with van der Waals surface area (Å²) in [5, 5.41) is 13.9. The van der Waals surface area contributed by atoms with E-state index in [-0.39, 0.29) is 18.2 Å². The van der Waals surface area contributed by atoms with E-state index in [1.807, 2.05) is 0 Å². The molecule has 0 fully saturated rings. The molecule has 0 aliphatic heterocycles. The summed E-state index contributed by atoms with van der Waals surface area (Å²) >= 11 is 0. The van der Waals surface area contributed by atoms with Crippen LogP contribution in [0.25, 0.3) is 0 Å². The van der Waals surface area contributed by atoms with Crippen LogP contribution in [0.4, 0.5) is 0 Å². The molecule has 0 radical (unpaired) electrons. The SMILES string of the molecule is CC(=O)NCc1ccc(C(=O)NCCCCC(=O)O)cc1. The maximum atomic E-state index is 11.8. The second-order valence-corrected chi connectivity index (χ2v) is 4.71. The summed E-state index contributed by atoms with van der Waals surface area (Å²) in [6.07, 6.45) is 1.30. The molecule has 114 valence electrons. The standard InChI is InChI=1S/C15H20N2O4/c1-11(18)17-10-12-5-7-13(8-6-12)15(21)16-9-3-2-4-14(19)20/h5-8H,2-4,9-10H2,1H3,(H,16,21)(H,17,18)(H,19,20). The van der Waals surface area contributed by atoms with E-state index in [1.165, 1.54) is 6.92 Å². The van der Waals surface area contributed by atoms with Gasteiger partial charge in [-0.25, -0.2) is 0 Å². The number of carboxylic acids is 1. The number of hydrogen-bond donors (Lipinski definition) is 3. The first-order chi connectivity index (χ1) is 9.99. The summed E-state index contributed by atoms with van der Waals surface area (Å²) in [6, 6.07) is 6.97. The maximum Gasteiger partial charge on any atom is 0.303 e. The minimum atomic E-state index is -0.823. The quantitative estimate of drug-likeness (QED) is 0.629. The Morgan fingerprint density at radius 3 is 2.29 bits per heavy atom. The van der Waals surface area contributed by atoms with Crippen LogP contribution in [-0.4, -0.2) is 29.4 Å². The number of carboxylic acid groups (broad SMARTS) is 1. The summed E-state index contributed by atoms with van der Waals surface area (Å²) in [5.41, 5.74) is 1.46. The zero-order chi connectivity index (χ0) is 15.7. The van der Waals surface area contributed by atoms with Gasteiger partial charge < -0.3 is 15.7 Å². The van der Waals surface area contributed by atoms with Gasteiger partial charge in [0, 0.05) is 32.0 Å². The summed E-state index contributed by atoms with van der Waals surface area (Å²) in [4.78, 5) is 32.9. The molecule has 0 bridgehead atoms. The fourth-order valence-electron chi connectivity index (χ4n) is 1.71. The van der Waals surface area contributed by atoms with Crippen LogP contribution in [-0.2, 0) is 16.1 Å². The van der Waals surface area contributed by atoms with Crippen LogP contribution in [0.5, 0.6) is 0 Å². The molecule has 0 spiro atoms. The Hall–Kier alpha value is -2.37. The number of carbonyl (C=O) groups excluding carboxylic acids is 2. The minimum absolute atomic E-state index is 0.0989. The van der Waals surface area contributed by atoms with E-state index in [0.717, 1.165) is 5.56 Å². The van der Waals surface area contributed by atoms with E-state index < -0.39 is 5.97 Å². The molecule has 1 aromatic rings. The molecule has 0 atom stereocenters. The maximum absolute atomic E-state index is 11.8. The molecule has 1 aromatic carbocycles. The van der Waals surface area contributed by atoms with E-state index in [0.29, 0.717) is 31.5 Å². The summed E-state index contributed by atoms with van der Waals surface area (Å²) in [7, 11) is 0. The van der Waals surface area contributed by atoms with Crippen molar-refractivity contribution >= 4 is 17.8 Å². The van der Waals surface area contributed by atoms with Gasteiger partial charge in [-0.1, -0.05) is 12.1 Å². The topological polar surface area (TPSA) is 95.5 Å². The van der Waals surface area contributed by atoms with Gasteiger partial charge in [0.2, 0.25) is 5.91 Å². The lowest BCUT2D eigenvalue weighted by atomic mass is 10.1. The molecule has 21 heavy (non-hydrogen) atoms. The van der Waals surface area contributed by atoms with Gasteiger partial charge in [-0.3, -0.25) is 14.4 Å². The molecule has 2 amide bonds. The second-order valence-electron chi connectivity index (χ2n) is 4.71. The van der Waals surface area contributed by atoms with E-state index in [2.05, 4.69) is 10.6 Å². The van der Waals surface area contributed by atoms with E-state index in [1.54, 1.807) is 24.3 Å². The molecular formula is C15H20N2O4. The van der Waals surface area contributed by atoms with Gasteiger partial charge in [0.05, 0.1) is 0 Å². The van der Waals surface area contributed by atoms with Gasteiger partial charge in [0.1, 0.15) is 0 Å². The van der Waals surface area contributed by atoms with E-state index >= 15 is 0 Å². The lowest BCUT2D eigenvalue weighted by molar-refractivity contribution is -0.137. The van der Waals surface area contributed by atoms with Crippen molar-refractivity contribution in [1.29, 1.82) is 0 Å². The Morgan fingerprint density at radius 2 is 1.71 bits per heavy atom. The summed E-state index contributed by atoms with van der Waals surface area (Å²) in [5.74, 6) is -1.11. The van der Waals surface area contributed by atoms with Crippen molar-refractivity contribution in [2.45, 2.75) is 32.7 Å². The van der Waals surface area contributed by atoms with Gasteiger partial charge in [-0.2, -0.15) is 0 Å². The highest BCUT2D eigenvalue weighted by Gasteiger charge is 2.05. The molecular weight excluding hydrogens is 272 g/mol. The molecule has 0 aliphatic carbocycles. The smallest absolute Gasteiger partial charge is 0.303 e. The molecule has 0 aliphatic rings. The van der Waals surface area contributed by atoms with Crippen LogP contribution >= 0.6 is 0 Å². The van der Waals surface area contributed by atoms with Crippen LogP contribution in [0.1, 0.15) is 42.1 Å². The molecule has 3 N–H and O–H groups in total. The molecule has 6 nitrogen and oxygen atoms in total. The number of benzene rings is 1. The molecule has 0 heterocycles. The minimum Gasteiger partial charge on any atom is -0.481 e. The van der Waals surface area contributed by atoms with E-state index in [4.69, 9.17) is 5.11 Å². The Bertz CT molecular complexity index is 497. The third-order valence-electron chi connectivity index (χ3n) is 2.86. The van der Waals surface area contributed by atoms with Crippen LogP contribution in [0.3, 0.4) is 0 Å². The summed E-state index contributed by atoms with van der Waals surface area (Å²) in [6.45, 7) is 2.35. The van der Waals surface area contributed by atoms with Crippen molar-refractivity contribution in [2.75, 3.05) is 6.54 Å². The van der Waals surface area contributed by atoms with Gasteiger partial charge >= 0.3 is 5.97 Å². The monoisotopic (exact) mass is 292 g/mol. The first-order valence-electron chi connectivity index (χ1n) is 6.82. The molecule has 0 saturated heterocycles. The fourth-order valence-corrected chi connectivity index (χ4v) is 1.71. The van der Waals surface area contributed by atoms with Crippen molar-refractivity contribution in [2.24, 2.45) is 0 Å². The fraction of sp³-hybridized carbons (Fsp3) is 0.400. The molecule has 0 unspecified atom stereocenters. The highest BCUT2D eigenvalue weighted by Crippen LogP contribution is 2.04. The first-order valence-corrected chi connectivity index (χ1v) is 6.82. The number of nitrogens with one attached hydrogen (secondary N) is 2. The van der Waals surface area contributed by atoms with Crippen LogP contribution in [0.2, 0.25) is 0 Å². The average molecular weight is 292 g/mol. The highest BCUT2D eigenvalue weighted by atomic mass is 16.4. The Kier molecular flexibility index (Phi) is 6.94. The number of amides is 2. The third-order valence-corrected chi connectivity index (χ3v) is 2.86. The lowest BCUT2D eigenvalue weighted by Crippen LogP contribution is -2.24. The normalized spacial score (nSPS) is 9.95. The van der Waals surface area contributed by atoms with Crippen LogP contribution < -0.4 is 10.6 Å². The predicted molar refractivity (Wildman–Crippen MR) is 77.8 cm³/mol. The Morgan fingerprint density at radius 1 is 1.05 bits per heavy atom. The first kappa shape index (κ1) is 16.7. The average Bonchev–Trinajstić information content (AvgIpc) is 2.44. The molecule has 0 saturated carbocycles. The van der Waals surface area contributed by atoms with Gasteiger partial charge in [0.15, 0.2) is 0 Å². The lowest BCUT2D eigenvalue weighted by Gasteiger charge is -2.06. The van der Waals surface area contributed by atoms with Crippen molar-refractivity contribution in [1.82, 2.24) is 10.6 Å². The Balaban J connectivity index is 2.34. The molecule has 6 heteroatoms. The third kappa shape index (κ3) is 7.10. The van der Waals surface area contributed by atoms with Crippen molar-refractivity contribution in [3.8, 4) is 0 Å². The van der Waals surface area contributed by atoms with Crippen LogP contribution in [0, 0.1) is 0 Å². The highest BCUT2D eigenvalue weighted by molar-refractivity contribution is 5.94. The molecule has 0 aromatic heterocycles. The predicted octanol–water partition coefficient (Wildman–Crippen LogP) is 1.31. The number of carbonyl (C=O) groups is 3. The van der Waals surface area contributed by atoms with Gasteiger partial charge in [-0.15, -0.1) is 0 Å². The molecule has 1 rings (SSSR count). The summed E-state index contributed by atoms with van der Waals surface area (Å²) < 4.78 is 0. The second kappa shape index (κ2) is 8.73. The van der Waals surface area contributed by atoms with Crippen molar-refractivity contribution in [3.05, 3.63) is 35.4 Å². The zero-order valence-electron chi connectivity index (χ0n) is 12.0. The van der Waals surface area contributed by atoms with Crippen molar-refractivity contribution < 1.29 is 19.5 Å². The van der Waals surface area contributed by atoms with Crippen LogP contribution in [0.15, 0.2) is 24.3 Å². The Labute approximate surface area is 123 Å². The number of unbranched alkanes of at least 4 members (excludes halogenated alkanes) is 1.